The highest BCUT2D eigenvalue weighted by molar-refractivity contribution is 5.92. The molecule has 0 N–H and O–H groups in total. The fraction of sp³-hybridized carbons (Fsp3) is 0.211. The van der Waals surface area contributed by atoms with Gasteiger partial charge in [0.15, 0.2) is 0 Å². The molecular weight excluding hydrogens is 318 g/mol. The fourth-order valence-corrected chi connectivity index (χ4v) is 2.23. The molecule has 128 valence electrons. The summed E-state index contributed by atoms with van der Waals surface area (Å²) in [7, 11) is 2.82. The molecular formula is C19H19N3O3. The van der Waals surface area contributed by atoms with Crippen molar-refractivity contribution in [2.45, 2.75) is 0 Å². The molecule has 0 saturated carbocycles. The molecule has 0 unspecified atom stereocenters. The van der Waals surface area contributed by atoms with Gasteiger partial charge in [-0.3, -0.25) is 18.7 Å². The van der Waals surface area contributed by atoms with Gasteiger partial charge in [-0.2, -0.15) is 0 Å². The van der Waals surface area contributed by atoms with Crippen molar-refractivity contribution in [2.75, 3.05) is 13.1 Å². The van der Waals surface area contributed by atoms with Gasteiger partial charge in [0.05, 0.1) is 6.54 Å². The summed E-state index contributed by atoms with van der Waals surface area (Å²) in [5, 5.41) is 0. The third kappa shape index (κ3) is 4.15. The molecule has 1 aromatic heterocycles. The van der Waals surface area contributed by atoms with Gasteiger partial charge in [-0.25, -0.2) is 4.79 Å². The largest absolute Gasteiger partial charge is 0.331 e. The molecule has 2 rings (SSSR count). The smallest absolute Gasteiger partial charge is 0.322 e. The van der Waals surface area contributed by atoms with Crippen LogP contribution < -0.4 is 11.2 Å². The average Bonchev–Trinajstić information content (AvgIpc) is 2.62. The highest BCUT2D eigenvalue weighted by atomic mass is 16.2. The Bertz CT molecular complexity index is 959. The number of rotatable bonds is 4. The van der Waals surface area contributed by atoms with Gasteiger partial charge in [-0.05, 0) is 12.1 Å². The second-order valence-electron chi connectivity index (χ2n) is 5.41. The van der Waals surface area contributed by atoms with Gasteiger partial charge in [-0.1, -0.05) is 36.1 Å². The lowest BCUT2D eigenvalue weighted by atomic mass is 10.2. The lowest BCUT2D eigenvalue weighted by molar-refractivity contribution is 0.0781. The van der Waals surface area contributed by atoms with Crippen molar-refractivity contribution in [3.63, 3.8) is 0 Å². The van der Waals surface area contributed by atoms with Crippen LogP contribution in [0.25, 0.3) is 0 Å². The number of hydrogen-bond donors (Lipinski definition) is 0. The van der Waals surface area contributed by atoms with Crippen molar-refractivity contribution in [3.8, 4) is 11.8 Å². The Morgan fingerprint density at radius 2 is 1.88 bits per heavy atom. The van der Waals surface area contributed by atoms with Crippen molar-refractivity contribution < 1.29 is 4.79 Å². The molecule has 0 saturated heterocycles. The Kier molecular flexibility index (Phi) is 5.75. The number of nitrogens with zero attached hydrogens (tertiary/aromatic N) is 3. The number of amides is 1. The molecule has 0 spiro atoms. The lowest BCUT2D eigenvalue weighted by Crippen LogP contribution is -2.42. The van der Waals surface area contributed by atoms with E-state index in [-0.39, 0.29) is 18.8 Å². The van der Waals surface area contributed by atoms with Crippen LogP contribution in [0.4, 0.5) is 0 Å². The first-order valence-electron chi connectivity index (χ1n) is 7.67. The molecule has 1 amide bonds. The van der Waals surface area contributed by atoms with Crippen LogP contribution >= 0.6 is 0 Å². The lowest BCUT2D eigenvalue weighted by Gasteiger charge is -2.19. The number of carbonyl (C=O) groups excluding carboxylic acids is 1. The molecule has 6 nitrogen and oxygen atoms in total. The summed E-state index contributed by atoms with van der Waals surface area (Å²) >= 11 is 0. The number of hydrogen-bond acceptors (Lipinski definition) is 3. The summed E-state index contributed by atoms with van der Waals surface area (Å²) in [4.78, 5) is 38.0. The second kappa shape index (κ2) is 7.97. The minimum Gasteiger partial charge on any atom is -0.322 e. The molecule has 25 heavy (non-hydrogen) atoms. The van der Waals surface area contributed by atoms with E-state index < -0.39 is 17.2 Å². The van der Waals surface area contributed by atoms with Crippen molar-refractivity contribution in [1.82, 2.24) is 14.0 Å². The van der Waals surface area contributed by atoms with E-state index in [0.717, 1.165) is 20.8 Å². The maximum atomic E-state index is 12.7. The first-order valence-corrected chi connectivity index (χ1v) is 7.67. The average molecular weight is 337 g/mol. The zero-order valence-corrected chi connectivity index (χ0v) is 14.2. The number of carbonyl (C=O) groups is 1. The highest BCUT2D eigenvalue weighted by Gasteiger charge is 2.18. The number of aromatic nitrogens is 2. The van der Waals surface area contributed by atoms with Crippen molar-refractivity contribution in [3.05, 3.63) is 81.1 Å². The Hall–Kier alpha value is -3.33. The fourth-order valence-electron chi connectivity index (χ4n) is 2.23. The standard InChI is InChI=1S/C19H19N3O3/c1-4-12-22(13-8-11-15-9-6-5-7-10-15)18(24)16-14-17(23)21(3)19(25)20(16)2/h4-7,9-10,14H,1,12-13H2,2-3H3. The van der Waals surface area contributed by atoms with Gasteiger partial charge in [0.25, 0.3) is 11.5 Å². The van der Waals surface area contributed by atoms with E-state index in [1.54, 1.807) is 6.08 Å². The van der Waals surface area contributed by atoms with Gasteiger partial charge in [0.2, 0.25) is 0 Å². The van der Waals surface area contributed by atoms with E-state index in [1.165, 1.54) is 19.0 Å². The minimum atomic E-state index is -0.551. The third-order valence-corrected chi connectivity index (χ3v) is 3.66. The monoisotopic (exact) mass is 337 g/mol. The molecule has 1 heterocycles. The van der Waals surface area contributed by atoms with E-state index in [1.807, 2.05) is 30.3 Å². The third-order valence-electron chi connectivity index (χ3n) is 3.66. The van der Waals surface area contributed by atoms with Gasteiger partial charge in [-0.15, -0.1) is 6.58 Å². The summed E-state index contributed by atoms with van der Waals surface area (Å²) < 4.78 is 2.11. The second-order valence-corrected chi connectivity index (χ2v) is 5.41. The van der Waals surface area contributed by atoms with Crippen LogP contribution in [0.2, 0.25) is 0 Å². The van der Waals surface area contributed by atoms with Crippen molar-refractivity contribution >= 4 is 5.91 Å². The first-order chi connectivity index (χ1) is 12.0. The summed E-state index contributed by atoms with van der Waals surface area (Å²) in [6.07, 6.45) is 1.57. The Morgan fingerprint density at radius 3 is 2.52 bits per heavy atom. The maximum Gasteiger partial charge on any atom is 0.331 e. The molecule has 0 aliphatic heterocycles. The molecule has 0 bridgehead atoms. The van der Waals surface area contributed by atoms with Crippen LogP contribution in [0.15, 0.2) is 58.6 Å². The Balaban J connectivity index is 2.30. The van der Waals surface area contributed by atoms with Crippen LogP contribution in [0.5, 0.6) is 0 Å². The summed E-state index contributed by atoms with van der Waals surface area (Å²) in [5.74, 6) is 5.46. The molecule has 6 heteroatoms. The minimum absolute atomic E-state index is 0.0245. The van der Waals surface area contributed by atoms with Crippen LogP contribution in [0, 0.1) is 11.8 Å². The molecule has 0 atom stereocenters. The van der Waals surface area contributed by atoms with Crippen molar-refractivity contribution in [2.24, 2.45) is 14.1 Å². The zero-order valence-electron chi connectivity index (χ0n) is 14.2. The quantitative estimate of drug-likeness (QED) is 0.611. The molecule has 0 fully saturated rings. The van der Waals surface area contributed by atoms with Crippen molar-refractivity contribution in [1.29, 1.82) is 0 Å². The van der Waals surface area contributed by atoms with E-state index in [2.05, 4.69) is 18.4 Å². The predicted octanol–water partition coefficient (Wildman–Crippen LogP) is 0.764. The molecule has 1 aromatic carbocycles. The van der Waals surface area contributed by atoms with Gasteiger partial charge in [0, 0.05) is 32.3 Å². The zero-order chi connectivity index (χ0) is 18.4. The molecule has 0 aliphatic rings. The SMILES string of the molecule is C=CCN(CC#Cc1ccccc1)C(=O)c1cc(=O)n(C)c(=O)n1C. The Labute approximate surface area is 145 Å². The molecule has 0 aliphatic carbocycles. The van der Waals surface area contributed by atoms with E-state index in [9.17, 15) is 14.4 Å². The Morgan fingerprint density at radius 1 is 1.20 bits per heavy atom. The van der Waals surface area contributed by atoms with Gasteiger partial charge >= 0.3 is 5.69 Å². The van der Waals surface area contributed by atoms with Crippen LogP contribution in [-0.2, 0) is 14.1 Å². The van der Waals surface area contributed by atoms with E-state index >= 15 is 0 Å². The normalized spacial score (nSPS) is 9.84. The highest BCUT2D eigenvalue weighted by Crippen LogP contribution is 2.01. The summed E-state index contributed by atoms with van der Waals surface area (Å²) in [6.45, 7) is 4.05. The summed E-state index contributed by atoms with van der Waals surface area (Å²) in [6, 6.07) is 10.6. The first kappa shape index (κ1) is 18.0. The van der Waals surface area contributed by atoms with Crippen LogP contribution in [0.3, 0.4) is 0 Å². The van der Waals surface area contributed by atoms with E-state index in [0.29, 0.717) is 0 Å². The molecule has 0 radical (unpaired) electrons. The summed E-state index contributed by atoms with van der Waals surface area (Å²) in [5.41, 5.74) is -0.212. The predicted molar refractivity (Wildman–Crippen MR) is 96.3 cm³/mol. The molecule has 2 aromatic rings. The van der Waals surface area contributed by atoms with Gasteiger partial charge < -0.3 is 4.90 Å². The maximum absolute atomic E-state index is 12.7. The topological polar surface area (TPSA) is 64.3 Å². The van der Waals surface area contributed by atoms with E-state index in [4.69, 9.17) is 0 Å². The van der Waals surface area contributed by atoms with Crippen LogP contribution in [0.1, 0.15) is 16.1 Å². The number of benzene rings is 1. The van der Waals surface area contributed by atoms with Gasteiger partial charge in [0.1, 0.15) is 5.69 Å². The van der Waals surface area contributed by atoms with Crippen LogP contribution in [-0.4, -0.2) is 33.0 Å².